The minimum Gasteiger partial charge on any atom is -0.505 e. The molecule has 0 bridgehead atoms. The van der Waals surface area contributed by atoms with Gasteiger partial charge in [0.05, 0.1) is 27.8 Å². The molecule has 0 aliphatic rings. The largest absolute Gasteiger partial charge is 0.505 e. The van der Waals surface area contributed by atoms with Crippen molar-refractivity contribution in [3.05, 3.63) is 50.2 Å². The first-order chi connectivity index (χ1) is 14.6. The number of nitrogens with zero attached hydrogens (tertiary/aromatic N) is 4. The van der Waals surface area contributed by atoms with Crippen LogP contribution in [0.5, 0.6) is 5.75 Å². The number of aromatic nitrogens is 1. The van der Waals surface area contributed by atoms with Crippen LogP contribution in [0.2, 0.25) is 5.02 Å². The maximum absolute atomic E-state index is 11.5. The number of rotatable bonds is 9. The van der Waals surface area contributed by atoms with Crippen molar-refractivity contribution in [1.29, 1.82) is 0 Å². The summed E-state index contributed by atoms with van der Waals surface area (Å²) in [5.74, 6) is -4.47. The van der Waals surface area contributed by atoms with Crippen LogP contribution >= 0.6 is 11.6 Å². The molecule has 0 unspecified atom stereocenters. The molecule has 0 atom stereocenters. The number of halogens is 1. The van der Waals surface area contributed by atoms with Crippen molar-refractivity contribution in [2.45, 2.75) is 19.6 Å². The van der Waals surface area contributed by atoms with Crippen molar-refractivity contribution in [3.8, 4) is 5.75 Å². The smallest absolute Gasteiger partial charge is 0.344 e. The molecule has 0 saturated heterocycles. The number of aryl methyl sites for hydroxylation is 1. The number of aldehydes is 1. The lowest BCUT2D eigenvalue weighted by Gasteiger charge is -2.13. The van der Waals surface area contributed by atoms with Gasteiger partial charge in [0.1, 0.15) is 11.4 Å². The van der Waals surface area contributed by atoms with Crippen LogP contribution in [0.4, 0.5) is 17.2 Å². The Kier molecular flexibility index (Phi) is 7.28. The van der Waals surface area contributed by atoms with Crippen molar-refractivity contribution in [3.63, 3.8) is 0 Å². The molecule has 1 aromatic carbocycles. The SMILES string of the molecule is Cc1nc(N=Nc2cc([N+](=O)[O-])ccc2Cl)c(COC(C(=O)O)C(=O)O)c(C=O)c1O. The summed E-state index contributed by atoms with van der Waals surface area (Å²) in [4.78, 5) is 47.6. The molecule has 1 aromatic heterocycles. The highest BCUT2D eigenvalue weighted by Gasteiger charge is 2.28. The summed E-state index contributed by atoms with van der Waals surface area (Å²) < 4.78 is 4.83. The van der Waals surface area contributed by atoms with E-state index in [2.05, 4.69) is 15.2 Å². The van der Waals surface area contributed by atoms with Gasteiger partial charge in [-0.1, -0.05) is 11.6 Å². The lowest BCUT2D eigenvalue weighted by molar-refractivity contribution is -0.384. The minimum atomic E-state index is -2.26. The van der Waals surface area contributed by atoms with E-state index in [0.29, 0.717) is 0 Å². The summed E-state index contributed by atoms with van der Waals surface area (Å²) in [7, 11) is 0. The monoisotopic (exact) mass is 452 g/mol. The average molecular weight is 453 g/mol. The number of hydrogen-bond donors (Lipinski definition) is 3. The van der Waals surface area contributed by atoms with E-state index < -0.39 is 35.3 Å². The van der Waals surface area contributed by atoms with E-state index in [1.165, 1.54) is 13.0 Å². The molecule has 0 aliphatic heterocycles. The van der Waals surface area contributed by atoms with Gasteiger partial charge in [-0.15, -0.1) is 10.2 Å². The Bertz CT molecular complexity index is 1090. The number of non-ortho nitro benzene ring substituents is 1. The number of aliphatic carboxylic acids is 2. The highest BCUT2D eigenvalue weighted by Crippen LogP contribution is 2.34. The molecule has 3 N–H and O–H groups in total. The molecule has 31 heavy (non-hydrogen) atoms. The Morgan fingerprint density at radius 3 is 2.52 bits per heavy atom. The molecule has 1 heterocycles. The van der Waals surface area contributed by atoms with Gasteiger partial charge in [0.15, 0.2) is 12.1 Å². The highest BCUT2D eigenvalue weighted by atomic mass is 35.5. The number of nitro groups is 1. The van der Waals surface area contributed by atoms with Gasteiger partial charge in [-0.2, -0.15) is 0 Å². The Hall–Kier alpha value is -3.97. The van der Waals surface area contributed by atoms with Crippen LogP contribution in [0.15, 0.2) is 28.4 Å². The third-order valence-electron chi connectivity index (χ3n) is 3.82. The second-order valence-corrected chi connectivity index (χ2v) is 6.25. The predicted octanol–water partition coefficient (Wildman–Crippen LogP) is 2.94. The van der Waals surface area contributed by atoms with Gasteiger partial charge in [-0.25, -0.2) is 14.6 Å². The number of azo groups is 1. The molecule has 2 rings (SSSR count). The highest BCUT2D eigenvalue weighted by molar-refractivity contribution is 6.33. The molecule has 0 amide bonds. The Morgan fingerprint density at radius 1 is 1.32 bits per heavy atom. The van der Waals surface area contributed by atoms with Gasteiger partial charge in [0, 0.05) is 17.7 Å². The molecular formula is C17H13ClN4O9. The van der Waals surface area contributed by atoms with Crippen molar-refractivity contribution < 1.29 is 39.4 Å². The molecule has 0 fully saturated rings. The molecule has 0 aliphatic carbocycles. The van der Waals surface area contributed by atoms with Crippen LogP contribution in [0, 0.1) is 17.0 Å². The van der Waals surface area contributed by atoms with E-state index >= 15 is 0 Å². The number of hydrogen-bond acceptors (Lipinski definition) is 10. The number of carboxylic acid groups (broad SMARTS) is 2. The second-order valence-electron chi connectivity index (χ2n) is 5.84. The van der Waals surface area contributed by atoms with Gasteiger partial charge >= 0.3 is 11.9 Å². The first-order valence-electron chi connectivity index (χ1n) is 8.17. The molecular weight excluding hydrogens is 440 g/mol. The number of pyridine rings is 1. The van der Waals surface area contributed by atoms with Crippen LogP contribution in [0.25, 0.3) is 0 Å². The summed E-state index contributed by atoms with van der Waals surface area (Å²) in [6.07, 6.45) is -2.04. The van der Waals surface area contributed by atoms with E-state index in [1.807, 2.05) is 0 Å². The Labute approximate surface area is 177 Å². The van der Waals surface area contributed by atoms with Crippen LogP contribution < -0.4 is 0 Å². The number of aromatic hydroxyl groups is 1. The third kappa shape index (κ3) is 5.34. The fourth-order valence-electron chi connectivity index (χ4n) is 2.30. The van der Waals surface area contributed by atoms with Gasteiger partial charge < -0.3 is 20.1 Å². The van der Waals surface area contributed by atoms with E-state index in [4.69, 9.17) is 26.6 Å². The number of carbonyl (C=O) groups excluding carboxylic acids is 1. The fraction of sp³-hybridized carbons (Fsp3) is 0.176. The quantitative estimate of drug-likeness (QED) is 0.167. The van der Waals surface area contributed by atoms with Gasteiger partial charge in [0.2, 0.25) is 0 Å². The summed E-state index contributed by atoms with van der Waals surface area (Å²) in [5.41, 5.74) is -1.11. The predicted molar refractivity (Wildman–Crippen MR) is 102 cm³/mol. The fourth-order valence-corrected chi connectivity index (χ4v) is 2.45. The summed E-state index contributed by atoms with van der Waals surface area (Å²) in [5, 5.41) is 46.4. The van der Waals surface area contributed by atoms with Crippen molar-refractivity contribution in [1.82, 2.24) is 4.98 Å². The van der Waals surface area contributed by atoms with Crippen molar-refractivity contribution >= 4 is 47.0 Å². The molecule has 0 radical (unpaired) electrons. The van der Waals surface area contributed by atoms with Crippen LogP contribution in [-0.4, -0.2) is 49.6 Å². The normalized spacial score (nSPS) is 11.1. The zero-order valence-electron chi connectivity index (χ0n) is 15.6. The molecule has 0 saturated carbocycles. The lowest BCUT2D eigenvalue weighted by atomic mass is 10.1. The van der Waals surface area contributed by atoms with Gasteiger partial charge in [-0.3, -0.25) is 14.9 Å². The van der Waals surface area contributed by atoms with Crippen molar-refractivity contribution in [2.24, 2.45) is 10.2 Å². The van der Waals surface area contributed by atoms with Gasteiger partial charge in [0.25, 0.3) is 11.8 Å². The van der Waals surface area contributed by atoms with Crippen LogP contribution in [0.1, 0.15) is 21.6 Å². The second kappa shape index (κ2) is 9.69. The zero-order valence-corrected chi connectivity index (χ0v) is 16.3. The standard InChI is InChI=1S/C17H13ClN4O9/c1-7-13(24)9(5-23)10(6-31-14(16(25)26)17(27)28)15(19-7)21-20-12-4-8(22(29)30)2-3-11(12)18/h2-5,14,24H,6H2,1H3,(H,25,26)(H,27,28). The Balaban J connectivity index is 2.53. The number of benzene rings is 1. The number of carbonyl (C=O) groups is 3. The number of nitro benzene ring substituents is 1. The van der Waals surface area contributed by atoms with Crippen LogP contribution in [0.3, 0.4) is 0 Å². The number of ether oxygens (including phenoxy) is 1. The Morgan fingerprint density at radius 2 is 1.97 bits per heavy atom. The molecule has 2 aromatic rings. The van der Waals surface area contributed by atoms with E-state index in [0.717, 1.165) is 12.1 Å². The van der Waals surface area contributed by atoms with E-state index in [-0.39, 0.29) is 45.3 Å². The van der Waals surface area contributed by atoms with Crippen molar-refractivity contribution in [2.75, 3.05) is 0 Å². The summed E-state index contributed by atoms with van der Waals surface area (Å²) >= 11 is 5.95. The van der Waals surface area contributed by atoms with Gasteiger partial charge in [-0.05, 0) is 13.0 Å². The molecule has 0 spiro atoms. The maximum Gasteiger partial charge on any atom is 0.344 e. The first-order valence-corrected chi connectivity index (χ1v) is 8.55. The lowest BCUT2D eigenvalue weighted by Crippen LogP contribution is -2.32. The van der Waals surface area contributed by atoms with E-state index in [1.54, 1.807) is 0 Å². The molecule has 13 nitrogen and oxygen atoms in total. The molecule has 162 valence electrons. The van der Waals surface area contributed by atoms with E-state index in [9.17, 15) is 29.6 Å². The summed E-state index contributed by atoms with van der Waals surface area (Å²) in [6.45, 7) is 0.554. The minimum absolute atomic E-state index is 0.00933. The maximum atomic E-state index is 11.5. The number of carboxylic acids is 2. The summed E-state index contributed by atoms with van der Waals surface area (Å²) in [6, 6.07) is 3.39. The topological polar surface area (TPSA) is 202 Å². The van der Waals surface area contributed by atoms with Crippen LogP contribution in [-0.2, 0) is 20.9 Å². The third-order valence-corrected chi connectivity index (χ3v) is 4.14. The molecule has 14 heteroatoms. The average Bonchev–Trinajstić information content (AvgIpc) is 2.69. The zero-order chi connectivity index (χ0) is 23.3. The first kappa shape index (κ1) is 23.3.